The van der Waals surface area contributed by atoms with Crippen LogP contribution < -0.4 is 14.8 Å². The van der Waals surface area contributed by atoms with Crippen molar-refractivity contribution in [3.63, 3.8) is 0 Å². The highest BCUT2D eigenvalue weighted by atomic mass is 35.5. The Hall–Kier alpha value is -1.91. The number of ether oxygens (including phenoxy) is 2. The van der Waals surface area contributed by atoms with Crippen LogP contribution in [0.5, 0.6) is 11.5 Å². The predicted octanol–water partition coefficient (Wildman–Crippen LogP) is 3.33. The van der Waals surface area contributed by atoms with Gasteiger partial charge in [0.1, 0.15) is 6.61 Å². The van der Waals surface area contributed by atoms with Crippen LogP contribution in [0.25, 0.3) is 0 Å². The Kier molecular flexibility index (Phi) is 5.72. The topological polar surface area (TPSA) is 50.7 Å². The van der Waals surface area contributed by atoms with Gasteiger partial charge in [-0.25, -0.2) is 0 Å². The fraction of sp³-hybridized carbons (Fsp3) is 0.250. The zero-order chi connectivity index (χ0) is 15.1. The fourth-order valence-electron chi connectivity index (χ4n) is 1.91. The molecule has 0 saturated heterocycles. The quantitative estimate of drug-likeness (QED) is 0.824. The van der Waals surface area contributed by atoms with Crippen LogP contribution in [0.15, 0.2) is 42.5 Å². The minimum atomic E-state index is -0.0384. The lowest BCUT2D eigenvalue weighted by molar-refractivity contribution is 0.196. The number of hydrogen-bond donors (Lipinski definition) is 2. The standard InChI is InChI=1S/C16H18ClNO3/c1-20-15-6-5-14(10-16(15)21-8-7-19)18-11-12-3-2-4-13(17)9-12/h2-6,9-10,18-19H,7-8,11H2,1H3. The molecule has 0 bridgehead atoms. The lowest BCUT2D eigenvalue weighted by Gasteiger charge is -2.13. The summed E-state index contributed by atoms with van der Waals surface area (Å²) in [6.07, 6.45) is 0. The smallest absolute Gasteiger partial charge is 0.163 e. The average Bonchev–Trinajstić information content (AvgIpc) is 2.51. The maximum absolute atomic E-state index is 8.84. The number of hydrogen-bond acceptors (Lipinski definition) is 4. The van der Waals surface area contributed by atoms with Gasteiger partial charge in [-0.1, -0.05) is 23.7 Å². The van der Waals surface area contributed by atoms with E-state index in [1.807, 2.05) is 42.5 Å². The van der Waals surface area contributed by atoms with Crippen molar-refractivity contribution in [1.29, 1.82) is 0 Å². The number of rotatable bonds is 7. The minimum absolute atomic E-state index is 0.0384. The van der Waals surface area contributed by atoms with Gasteiger partial charge in [0.2, 0.25) is 0 Å². The van der Waals surface area contributed by atoms with E-state index in [0.717, 1.165) is 16.3 Å². The van der Waals surface area contributed by atoms with Gasteiger partial charge in [-0.05, 0) is 29.8 Å². The largest absolute Gasteiger partial charge is 0.493 e. The normalized spacial score (nSPS) is 10.2. The Balaban J connectivity index is 2.06. The molecule has 2 N–H and O–H groups in total. The lowest BCUT2D eigenvalue weighted by atomic mass is 10.2. The van der Waals surface area contributed by atoms with Crippen molar-refractivity contribution in [2.24, 2.45) is 0 Å². The van der Waals surface area contributed by atoms with Gasteiger partial charge >= 0.3 is 0 Å². The summed E-state index contributed by atoms with van der Waals surface area (Å²) in [5.41, 5.74) is 2.00. The molecule has 0 radical (unpaired) electrons. The zero-order valence-corrected chi connectivity index (χ0v) is 12.6. The molecule has 0 unspecified atom stereocenters. The monoisotopic (exact) mass is 307 g/mol. The Bertz CT molecular complexity index is 589. The summed E-state index contributed by atoms with van der Waals surface area (Å²) < 4.78 is 10.7. The van der Waals surface area contributed by atoms with Gasteiger partial charge in [0.15, 0.2) is 11.5 Å². The highest BCUT2D eigenvalue weighted by molar-refractivity contribution is 6.30. The highest BCUT2D eigenvalue weighted by Crippen LogP contribution is 2.30. The van der Waals surface area contributed by atoms with Gasteiger partial charge in [0.25, 0.3) is 0 Å². The third kappa shape index (κ3) is 4.55. The zero-order valence-electron chi connectivity index (χ0n) is 11.8. The lowest BCUT2D eigenvalue weighted by Crippen LogP contribution is -2.04. The van der Waals surface area contributed by atoms with E-state index in [1.165, 1.54) is 0 Å². The molecule has 0 atom stereocenters. The van der Waals surface area contributed by atoms with Crippen LogP contribution in [0, 0.1) is 0 Å². The molecule has 2 aromatic rings. The van der Waals surface area contributed by atoms with Crippen LogP contribution in [0.3, 0.4) is 0 Å². The molecule has 0 heterocycles. The van der Waals surface area contributed by atoms with E-state index in [1.54, 1.807) is 7.11 Å². The second-order valence-corrected chi connectivity index (χ2v) is 4.86. The third-order valence-corrected chi connectivity index (χ3v) is 3.13. The second-order valence-electron chi connectivity index (χ2n) is 4.42. The first-order valence-electron chi connectivity index (χ1n) is 6.63. The van der Waals surface area contributed by atoms with E-state index in [9.17, 15) is 0 Å². The minimum Gasteiger partial charge on any atom is -0.493 e. The molecular weight excluding hydrogens is 290 g/mol. The molecule has 0 aliphatic heterocycles. The molecule has 112 valence electrons. The maximum Gasteiger partial charge on any atom is 0.163 e. The Morgan fingerprint density at radius 2 is 2.00 bits per heavy atom. The molecule has 2 rings (SSSR count). The molecule has 2 aromatic carbocycles. The van der Waals surface area contributed by atoms with E-state index in [2.05, 4.69) is 5.32 Å². The molecule has 0 amide bonds. The summed E-state index contributed by atoms with van der Waals surface area (Å²) in [7, 11) is 1.58. The van der Waals surface area contributed by atoms with E-state index in [-0.39, 0.29) is 13.2 Å². The molecular formula is C16H18ClNO3. The van der Waals surface area contributed by atoms with Gasteiger partial charge in [-0.2, -0.15) is 0 Å². The number of nitrogens with one attached hydrogen (secondary N) is 1. The number of aliphatic hydroxyl groups excluding tert-OH is 1. The van der Waals surface area contributed by atoms with Gasteiger partial charge in [-0.15, -0.1) is 0 Å². The number of anilines is 1. The molecule has 5 heteroatoms. The summed E-state index contributed by atoms with van der Waals surface area (Å²) in [5.74, 6) is 1.24. The molecule has 4 nitrogen and oxygen atoms in total. The van der Waals surface area contributed by atoms with E-state index in [4.69, 9.17) is 26.2 Å². The molecule has 0 fully saturated rings. The van der Waals surface area contributed by atoms with Gasteiger partial charge in [0, 0.05) is 23.3 Å². The summed E-state index contributed by atoms with van der Waals surface area (Å²) in [5, 5.41) is 12.9. The van der Waals surface area contributed by atoms with E-state index in [0.29, 0.717) is 18.0 Å². The maximum atomic E-state index is 8.84. The molecule has 0 aliphatic rings. The molecule has 0 aliphatic carbocycles. The summed E-state index contributed by atoms with van der Waals surface area (Å²) >= 11 is 5.96. The molecule has 0 spiro atoms. The molecule has 21 heavy (non-hydrogen) atoms. The fourth-order valence-corrected chi connectivity index (χ4v) is 2.12. The van der Waals surface area contributed by atoms with E-state index < -0.39 is 0 Å². The summed E-state index contributed by atoms with van der Waals surface area (Å²) in [6, 6.07) is 13.3. The summed E-state index contributed by atoms with van der Waals surface area (Å²) in [4.78, 5) is 0. The van der Waals surface area contributed by atoms with Crippen LogP contribution in [-0.4, -0.2) is 25.4 Å². The summed E-state index contributed by atoms with van der Waals surface area (Å²) in [6.45, 7) is 0.851. The van der Waals surface area contributed by atoms with Crippen LogP contribution in [0.2, 0.25) is 5.02 Å². The van der Waals surface area contributed by atoms with Crippen molar-refractivity contribution in [2.75, 3.05) is 25.6 Å². The second kappa shape index (κ2) is 7.76. The number of benzene rings is 2. The number of methoxy groups -OCH3 is 1. The number of halogens is 1. The van der Waals surface area contributed by atoms with Crippen molar-refractivity contribution in [3.8, 4) is 11.5 Å². The van der Waals surface area contributed by atoms with Crippen molar-refractivity contribution in [1.82, 2.24) is 0 Å². The van der Waals surface area contributed by atoms with Crippen LogP contribution in [0.1, 0.15) is 5.56 Å². The highest BCUT2D eigenvalue weighted by Gasteiger charge is 2.05. The first-order valence-corrected chi connectivity index (χ1v) is 7.00. The Labute approximate surface area is 129 Å². The van der Waals surface area contributed by atoms with Gasteiger partial charge in [-0.3, -0.25) is 0 Å². The first-order chi connectivity index (χ1) is 10.2. The predicted molar refractivity (Wildman–Crippen MR) is 84.4 cm³/mol. The SMILES string of the molecule is COc1ccc(NCc2cccc(Cl)c2)cc1OCCO. The van der Waals surface area contributed by atoms with Gasteiger partial charge in [0.05, 0.1) is 13.7 Å². The van der Waals surface area contributed by atoms with Crippen molar-refractivity contribution >= 4 is 17.3 Å². The van der Waals surface area contributed by atoms with Crippen molar-refractivity contribution in [3.05, 3.63) is 53.1 Å². The van der Waals surface area contributed by atoms with Gasteiger partial charge < -0.3 is 19.9 Å². The Morgan fingerprint density at radius 3 is 2.71 bits per heavy atom. The Morgan fingerprint density at radius 1 is 1.14 bits per heavy atom. The molecule has 0 saturated carbocycles. The van der Waals surface area contributed by atoms with E-state index >= 15 is 0 Å². The molecule has 0 aromatic heterocycles. The first kappa shape index (κ1) is 15.5. The van der Waals surface area contributed by atoms with Crippen molar-refractivity contribution in [2.45, 2.75) is 6.54 Å². The average molecular weight is 308 g/mol. The van der Waals surface area contributed by atoms with Crippen LogP contribution in [0.4, 0.5) is 5.69 Å². The third-order valence-electron chi connectivity index (χ3n) is 2.90. The van der Waals surface area contributed by atoms with Crippen molar-refractivity contribution < 1.29 is 14.6 Å². The number of aliphatic hydroxyl groups is 1. The van der Waals surface area contributed by atoms with Crippen LogP contribution >= 0.6 is 11.6 Å². The van der Waals surface area contributed by atoms with Crippen LogP contribution in [-0.2, 0) is 6.54 Å².